The number of imidazole rings is 1. The lowest BCUT2D eigenvalue weighted by molar-refractivity contribution is 0.345. The molecule has 12 heteroatoms. The summed E-state index contributed by atoms with van der Waals surface area (Å²) in [4.78, 5) is 24.8. The molecule has 7 rings (SSSR count). The maximum absolute atomic E-state index is 6.99. The van der Waals surface area contributed by atoms with Gasteiger partial charge in [0.25, 0.3) is 0 Å². The van der Waals surface area contributed by atoms with Gasteiger partial charge in [0.2, 0.25) is 0 Å². The van der Waals surface area contributed by atoms with Gasteiger partial charge < -0.3 is 20.9 Å². The van der Waals surface area contributed by atoms with Gasteiger partial charge in [0.1, 0.15) is 17.0 Å². The number of rotatable bonds is 5. The number of halogens is 1. The molecule has 5 aromatic heterocycles. The normalized spacial score (nSPS) is 17.5. The van der Waals surface area contributed by atoms with E-state index in [1.165, 1.54) is 6.33 Å². The number of aromatic nitrogens is 8. The fourth-order valence-electron chi connectivity index (χ4n) is 5.76. The Morgan fingerprint density at radius 2 is 1.95 bits per heavy atom. The molecule has 0 bridgehead atoms. The first-order chi connectivity index (χ1) is 19.9. The molecule has 4 N–H and O–H groups in total. The molecular weight excluding hydrogens is 538 g/mol. The number of nitrogens with two attached hydrogens (primary N) is 2. The molecule has 1 fully saturated rings. The first-order valence-electron chi connectivity index (χ1n) is 13.4. The highest BCUT2D eigenvalue weighted by molar-refractivity contribution is 6.29. The summed E-state index contributed by atoms with van der Waals surface area (Å²) in [6, 6.07) is 14.0. The van der Waals surface area contributed by atoms with E-state index in [1.807, 2.05) is 40.8 Å². The third kappa shape index (κ3) is 4.52. The number of aryl methyl sites for hydroxylation is 1. The van der Waals surface area contributed by atoms with Crippen LogP contribution in [0.25, 0.3) is 33.3 Å². The number of fused-ring (bicyclic) bond motifs is 2. The Morgan fingerprint density at radius 3 is 2.83 bits per heavy atom. The summed E-state index contributed by atoms with van der Waals surface area (Å²) in [7, 11) is 1.94. The highest BCUT2D eigenvalue weighted by Gasteiger charge is 2.35. The topological polar surface area (TPSA) is 142 Å². The summed E-state index contributed by atoms with van der Waals surface area (Å²) < 4.78 is 3.85. The Balaban J connectivity index is 1.31. The van der Waals surface area contributed by atoms with Crippen LogP contribution in [-0.4, -0.2) is 52.4 Å². The van der Waals surface area contributed by atoms with Crippen molar-refractivity contribution in [3.05, 3.63) is 83.9 Å². The molecule has 1 aromatic carbocycles. The van der Waals surface area contributed by atoms with Crippen LogP contribution < -0.4 is 16.4 Å². The summed E-state index contributed by atoms with van der Waals surface area (Å²) in [5.74, 6) is 0.354. The minimum atomic E-state index is -0.645. The van der Waals surface area contributed by atoms with Crippen LogP contribution in [0.2, 0.25) is 5.15 Å². The van der Waals surface area contributed by atoms with Gasteiger partial charge in [0.05, 0.1) is 53.4 Å². The molecule has 0 amide bonds. The summed E-state index contributed by atoms with van der Waals surface area (Å²) >= 11 is 6.23. The zero-order valence-corrected chi connectivity index (χ0v) is 23.2. The van der Waals surface area contributed by atoms with Crippen molar-refractivity contribution in [3.63, 3.8) is 0 Å². The SMILES string of the molecule is Cn1ncc2cc(-c3cc(Cn4cnc5c(N)ncnc54)c(N4CCCC(N)(c5cccc(Cl)n5)C4)cn3)ccc21. The molecule has 206 valence electrons. The first kappa shape index (κ1) is 25.4. The van der Waals surface area contributed by atoms with E-state index in [0.29, 0.717) is 35.2 Å². The Bertz CT molecular complexity index is 1910. The van der Waals surface area contributed by atoms with Crippen molar-refractivity contribution in [1.29, 1.82) is 0 Å². The average molecular weight is 566 g/mol. The van der Waals surface area contributed by atoms with Crippen molar-refractivity contribution in [3.8, 4) is 11.3 Å². The average Bonchev–Trinajstić information content (AvgIpc) is 3.57. The Kier molecular flexibility index (Phi) is 6.06. The smallest absolute Gasteiger partial charge is 0.165 e. The third-order valence-corrected chi connectivity index (χ3v) is 8.08. The molecule has 0 aliphatic carbocycles. The number of nitrogens with zero attached hydrogens (tertiary/aromatic N) is 9. The van der Waals surface area contributed by atoms with Crippen LogP contribution in [0.15, 0.2) is 67.5 Å². The maximum Gasteiger partial charge on any atom is 0.165 e. The second kappa shape index (κ2) is 9.79. The molecule has 1 unspecified atom stereocenters. The number of nitrogen functional groups attached to an aromatic ring is 1. The van der Waals surface area contributed by atoms with E-state index in [1.54, 1.807) is 12.4 Å². The molecule has 6 aromatic rings. The van der Waals surface area contributed by atoms with Gasteiger partial charge in [-0.15, -0.1) is 0 Å². The second-order valence-corrected chi connectivity index (χ2v) is 11.0. The van der Waals surface area contributed by atoms with Gasteiger partial charge in [-0.1, -0.05) is 23.7 Å². The van der Waals surface area contributed by atoms with Gasteiger partial charge in [-0.3, -0.25) is 9.67 Å². The molecule has 1 atom stereocenters. The van der Waals surface area contributed by atoms with Crippen LogP contribution in [0.1, 0.15) is 24.1 Å². The number of pyridine rings is 2. The van der Waals surface area contributed by atoms with Crippen LogP contribution in [0.3, 0.4) is 0 Å². The van der Waals surface area contributed by atoms with E-state index in [-0.39, 0.29) is 0 Å². The number of piperidine rings is 1. The van der Waals surface area contributed by atoms with Crippen LogP contribution in [0, 0.1) is 0 Å². The zero-order chi connectivity index (χ0) is 28.1. The highest BCUT2D eigenvalue weighted by Crippen LogP contribution is 2.35. The van der Waals surface area contributed by atoms with E-state index < -0.39 is 5.54 Å². The minimum absolute atomic E-state index is 0.354. The number of hydrogen-bond acceptors (Lipinski definition) is 9. The van der Waals surface area contributed by atoms with E-state index in [2.05, 4.69) is 54.2 Å². The van der Waals surface area contributed by atoms with Gasteiger partial charge in [-0.05, 0) is 48.7 Å². The Hall–Kier alpha value is -4.61. The van der Waals surface area contributed by atoms with E-state index >= 15 is 0 Å². The summed E-state index contributed by atoms with van der Waals surface area (Å²) in [5, 5.41) is 5.88. The zero-order valence-electron chi connectivity index (χ0n) is 22.4. The van der Waals surface area contributed by atoms with Gasteiger partial charge in [-0.2, -0.15) is 5.10 Å². The molecule has 1 aliphatic rings. The van der Waals surface area contributed by atoms with E-state index in [4.69, 9.17) is 28.1 Å². The van der Waals surface area contributed by atoms with Crippen molar-refractivity contribution in [2.24, 2.45) is 12.8 Å². The van der Waals surface area contributed by atoms with E-state index in [9.17, 15) is 0 Å². The Morgan fingerprint density at radius 1 is 1.05 bits per heavy atom. The lowest BCUT2D eigenvalue weighted by Crippen LogP contribution is -2.52. The molecule has 0 radical (unpaired) electrons. The van der Waals surface area contributed by atoms with Crippen LogP contribution in [-0.2, 0) is 19.1 Å². The van der Waals surface area contributed by atoms with Gasteiger partial charge in [0, 0.05) is 31.1 Å². The van der Waals surface area contributed by atoms with Gasteiger partial charge >= 0.3 is 0 Å². The predicted molar refractivity (Wildman–Crippen MR) is 159 cm³/mol. The molecular formula is C29H28ClN11. The summed E-state index contributed by atoms with van der Waals surface area (Å²) in [6.07, 6.45) is 8.74. The van der Waals surface area contributed by atoms with E-state index in [0.717, 1.165) is 58.5 Å². The highest BCUT2D eigenvalue weighted by atomic mass is 35.5. The van der Waals surface area contributed by atoms with Crippen molar-refractivity contribution in [2.45, 2.75) is 24.9 Å². The van der Waals surface area contributed by atoms with Crippen molar-refractivity contribution in [1.82, 2.24) is 39.3 Å². The van der Waals surface area contributed by atoms with Crippen molar-refractivity contribution in [2.75, 3.05) is 23.7 Å². The molecule has 1 saturated heterocycles. The van der Waals surface area contributed by atoms with Crippen LogP contribution in [0.5, 0.6) is 0 Å². The fraction of sp³-hybridized carbons (Fsp3) is 0.241. The van der Waals surface area contributed by atoms with Crippen LogP contribution >= 0.6 is 11.6 Å². The largest absolute Gasteiger partial charge is 0.382 e. The maximum atomic E-state index is 6.99. The molecule has 41 heavy (non-hydrogen) atoms. The van der Waals surface area contributed by atoms with Gasteiger partial charge in [-0.25, -0.2) is 19.9 Å². The van der Waals surface area contributed by atoms with Crippen molar-refractivity contribution < 1.29 is 0 Å². The fourth-order valence-corrected chi connectivity index (χ4v) is 5.93. The lowest BCUT2D eigenvalue weighted by Gasteiger charge is -2.41. The number of hydrogen-bond donors (Lipinski definition) is 2. The monoisotopic (exact) mass is 565 g/mol. The number of benzene rings is 1. The minimum Gasteiger partial charge on any atom is -0.382 e. The molecule has 6 heterocycles. The standard InChI is InChI=1S/C29H28ClN11/c1-39-22-7-6-18(10-19(22)12-37-39)21-11-20(14-41-17-36-26-27(31)34-16-35-28(26)41)23(13-33-21)40-9-3-8-29(32,15-40)24-4-2-5-25(30)38-24/h2,4-7,10-13,16-17H,3,8-9,14-15,32H2,1H3,(H2,31,34,35). The number of anilines is 2. The lowest BCUT2D eigenvalue weighted by atomic mass is 9.86. The quantitative estimate of drug-likeness (QED) is 0.297. The predicted octanol–water partition coefficient (Wildman–Crippen LogP) is 3.91. The van der Waals surface area contributed by atoms with Crippen molar-refractivity contribution >= 4 is 45.2 Å². The molecule has 0 spiro atoms. The second-order valence-electron chi connectivity index (χ2n) is 10.6. The molecule has 11 nitrogen and oxygen atoms in total. The molecule has 0 saturated carbocycles. The third-order valence-electron chi connectivity index (χ3n) is 7.87. The Labute approximate surface area is 240 Å². The van der Waals surface area contributed by atoms with Crippen LogP contribution in [0.4, 0.5) is 11.5 Å². The van der Waals surface area contributed by atoms with Gasteiger partial charge in [0.15, 0.2) is 11.5 Å². The summed E-state index contributed by atoms with van der Waals surface area (Å²) in [5.41, 5.74) is 19.5. The first-order valence-corrected chi connectivity index (χ1v) is 13.7. The summed E-state index contributed by atoms with van der Waals surface area (Å²) in [6.45, 7) is 1.93. The molecule has 1 aliphatic heterocycles.